The fourth-order valence-corrected chi connectivity index (χ4v) is 2.06. The van der Waals surface area contributed by atoms with Crippen molar-refractivity contribution in [2.45, 2.75) is 25.8 Å². The first-order chi connectivity index (χ1) is 6.70. The van der Waals surface area contributed by atoms with Gasteiger partial charge in [0.15, 0.2) is 0 Å². The van der Waals surface area contributed by atoms with E-state index in [1.165, 1.54) is 12.1 Å². The van der Waals surface area contributed by atoms with Crippen LogP contribution in [0.3, 0.4) is 0 Å². The van der Waals surface area contributed by atoms with Crippen LogP contribution in [0.2, 0.25) is 0 Å². The summed E-state index contributed by atoms with van der Waals surface area (Å²) in [5.74, 6) is -0.0465. The number of phenolic OH excluding ortho intramolecular Hbond substituents is 1. The monoisotopic (exact) mass is 195 g/mol. The molecule has 0 spiro atoms. The first-order valence-electron chi connectivity index (χ1n) is 4.91. The zero-order valence-electron chi connectivity index (χ0n) is 8.18. The molecule has 1 aromatic carbocycles. The molecule has 0 unspecified atom stereocenters. The lowest BCUT2D eigenvalue weighted by molar-refractivity contribution is 0.452. The van der Waals surface area contributed by atoms with E-state index in [1.54, 1.807) is 6.92 Å². The van der Waals surface area contributed by atoms with E-state index < -0.39 is 0 Å². The third-order valence-corrected chi connectivity index (χ3v) is 2.83. The van der Waals surface area contributed by atoms with Gasteiger partial charge in [0.05, 0.1) is 0 Å². The van der Waals surface area contributed by atoms with Gasteiger partial charge in [0.2, 0.25) is 0 Å². The van der Waals surface area contributed by atoms with Gasteiger partial charge >= 0.3 is 0 Å². The summed E-state index contributed by atoms with van der Waals surface area (Å²) in [4.78, 5) is 0. The summed E-state index contributed by atoms with van der Waals surface area (Å²) in [6, 6.07) is 2.85. The smallest absolute Gasteiger partial charge is 0.126 e. The predicted octanol–water partition coefficient (Wildman–Crippen LogP) is 2.26. The number of benzene rings is 1. The molecule has 0 amide bonds. The van der Waals surface area contributed by atoms with Gasteiger partial charge in [0, 0.05) is 11.6 Å². The molecule has 0 saturated carbocycles. The number of hydrogen-bond acceptors (Lipinski definition) is 2. The zero-order chi connectivity index (χ0) is 10.1. The maximum absolute atomic E-state index is 13.3. The second-order valence-corrected chi connectivity index (χ2v) is 3.75. The molecular weight excluding hydrogens is 181 g/mol. The first kappa shape index (κ1) is 9.46. The molecule has 14 heavy (non-hydrogen) atoms. The highest BCUT2D eigenvalue weighted by molar-refractivity contribution is 5.42. The van der Waals surface area contributed by atoms with Gasteiger partial charge < -0.3 is 10.4 Å². The maximum atomic E-state index is 13.3. The van der Waals surface area contributed by atoms with Crippen molar-refractivity contribution >= 4 is 0 Å². The average Bonchev–Trinajstić information content (AvgIpc) is 2.65. The standard InChI is InChI=1S/C11H14FNO/c1-7-8(12)4-5-10(14)11(7)9-3-2-6-13-9/h4-5,9,13-14H,2-3,6H2,1H3/t9-/m0/s1. The number of halogens is 1. The van der Waals surface area contributed by atoms with Crippen molar-refractivity contribution in [1.29, 1.82) is 0 Å². The molecule has 0 aliphatic carbocycles. The van der Waals surface area contributed by atoms with Crippen molar-refractivity contribution in [3.05, 3.63) is 29.1 Å². The highest BCUT2D eigenvalue weighted by Gasteiger charge is 2.22. The molecule has 2 nitrogen and oxygen atoms in total. The lowest BCUT2D eigenvalue weighted by Gasteiger charge is -2.15. The Balaban J connectivity index is 2.44. The van der Waals surface area contributed by atoms with E-state index >= 15 is 0 Å². The average molecular weight is 195 g/mol. The fourth-order valence-electron chi connectivity index (χ4n) is 2.06. The molecule has 0 aromatic heterocycles. The van der Waals surface area contributed by atoms with E-state index in [2.05, 4.69) is 5.32 Å². The van der Waals surface area contributed by atoms with Crippen LogP contribution in [-0.4, -0.2) is 11.7 Å². The quantitative estimate of drug-likeness (QED) is 0.720. The Kier molecular flexibility index (Phi) is 2.42. The summed E-state index contributed by atoms with van der Waals surface area (Å²) >= 11 is 0. The van der Waals surface area contributed by atoms with Crippen molar-refractivity contribution in [3.8, 4) is 5.75 Å². The summed E-state index contributed by atoms with van der Waals surface area (Å²) < 4.78 is 13.3. The van der Waals surface area contributed by atoms with Gasteiger partial charge in [-0.3, -0.25) is 0 Å². The van der Waals surface area contributed by atoms with Crippen LogP contribution in [0.25, 0.3) is 0 Å². The van der Waals surface area contributed by atoms with E-state index in [-0.39, 0.29) is 17.6 Å². The molecule has 3 heteroatoms. The van der Waals surface area contributed by atoms with Gasteiger partial charge in [-0.05, 0) is 44.0 Å². The van der Waals surface area contributed by atoms with Crippen molar-refractivity contribution in [1.82, 2.24) is 5.32 Å². The van der Waals surface area contributed by atoms with Crippen LogP contribution in [-0.2, 0) is 0 Å². The lowest BCUT2D eigenvalue weighted by atomic mass is 9.98. The Morgan fingerprint density at radius 3 is 2.93 bits per heavy atom. The molecule has 2 N–H and O–H groups in total. The SMILES string of the molecule is Cc1c(F)ccc(O)c1[C@@H]1CCCN1. The van der Waals surface area contributed by atoms with E-state index in [0.29, 0.717) is 5.56 Å². The van der Waals surface area contributed by atoms with Gasteiger partial charge in [-0.1, -0.05) is 0 Å². The van der Waals surface area contributed by atoms with Gasteiger partial charge in [0.1, 0.15) is 11.6 Å². The predicted molar refractivity (Wildman–Crippen MR) is 52.8 cm³/mol. The zero-order valence-corrected chi connectivity index (χ0v) is 8.18. The number of hydrogen-bond donors (Lipinski definition) is 2. The molecule has 1 atom stereocenters. The Bertz CT molecular complexity index is 345. The van der Waals surface area contributed by atoms with Crippen molar-refractivity contribution < 1.29 is 9.50 Å². The van der Waals surface area contributed by atoms with E-state index in [4.69, 9.17) is 0 Å². The maximum Gasteiger partial charge on any atom is 0.126 e. The minimum atomic E-state index is -0.244. The van der Waals surface area contributed by atoms with Crippen LogP contribution in [0, 0.1) is 12.7 Å². The van der Waals surface area contributed by atoms with Gasteiger partial charge in [0.25, 0.3) is 0 Å². The number of phenols is 1. The van der Waals surface area contributed by atoms with Gasteiger partial charge in [-0.15, -0.1) is 0 Å². The second kappa shape index (κ2) is 3.58. The Hall–Kier alpha value is -1.09. The third kappa shape index (κ3) is 1.48. The molecule has 76 valence electrons. The van der Waals surface area contributed by atoms with Crippen LogP contribution in [0.15, 0.2) is 12.1 Å². The molecular formula is C11H14FNO. The summed E-state index contributed by atoms with van der Waals surface area (Å²) in [5.41, 5.74) is 1.28. The van der Waals surface area contributed by atoms with Gasteiger partial charge in [-0.25, -0.2) is 4.39 Å². The minimum absolute atomic E-state index is 0.116. The molecule has 2 rings (SSSR count). The first-order valence-corrected chi connectivity index (χ1v) is 4.91. The van der Waals surface area contributed by atoms with Crippen LogP contribution in [0.4, 0.5) is 4.39 Å². The third-order valence-electron chi connectivity index (χ3n) is 2.83. The highest BCUT2D eigenvalue weighted by Crippen LogP contribution is 2.33. The summed E-state index contributed by atoms with van der Waals surface area (Å²) in [6.07, 6.45) is 2.05. The summed E-state index contributed by atoms with van der Waals surface area (Å²) in [5, 5.41) is 12.9. The van der Waals surface area contributed by atoms with Crippen LogP contribution < -0.4 is 5.32 Å². The number of aromatic hydroxyl groups is 1. The topological polar surface area (TPSA) is 32.3 Å². The fraction of sp³-hybridized carbons (Fsp3) is 0.455. The molecule has 1 heterocycles. The van der Waals surface area contributed by atoms with E-state index in [1.807, 2.05) is 0 Å². The molecule has 1 saturated heterocycles. The Labute approximate surface area is 82.8 Å². The normalized spacial score (nSPS) is 21.4. The van der Waals surface area contributed by atoms with Crippen LogP contribution >= 0.6 is 0 Å². The van der Waals surface area contributed by atoms with Gasteiger partial charge in [-0.2, -0.15) is 0 Å². The molecule has 1 aliphatic rings. The van der Waals surface area contributed by atoms with Crippen molar-refractivity contribution in [3.63, 3.8) is 0 Å². The molecule has 1 fully saturated rings. The highest BCUT2D eigenvalue weighted by atomic mass is 19.1. The Morgan fingerprint density at radius 2 is 2.29 bits per heavy atom. The van der Waals surface area contributed by atoms with Crippen LogP contribution in [0.1, 0.15) is 30.0 Å². The molecule has 1 aromatic rings. The van der Waals surface area contributed by atoms with Crippen molar-refractivity contribution in [2.24, 2.45) is 0 Å². The lowest BCUT2D eigenvalue weighted by Crippen LogP contribution is -2.14. The number of nitrogens with one attached hydrogen (secondary N) is 1. The number of rotatable bonds is 1. The molecule has 0 bridgehead atoms. The van der Waals surface area contributed by atoms with E-state index in [0.717, 1.165) is 24.9 Å². The second-order valence-electron chi connectivity index (χ2n) is 3.75. The van der Waals surface area contributed by atoms with E-state index in [9.17, 15) is 9.50 Å². The molecule has 0 radical (unpaired) electrons. The molecule has 1 aliphatic heterocycles. The van der Waals surface area contributed by atoms with Crippen LogP contribution in [0.5, 0.6) is 5.75 Å². The largest absolute Gasteiger partial charge is 0.508 e. The summed E-state index contributed by atoms with van der Waals surface area (Å²) in [6.45, 7) is 2.66. The summed E-state index contributed by atoms with van der Waals surface area (Å²) in [7, 11) is 0. The minimum Gasteiger partial charge on any atom is -0.508 e. The Morgan fingerprint density at radius 1 is 1.50 bits per heavy atom. The van der Waals surface area contributed by atoms with Crippen molar-refractivity contribution in [2.75, 3.05) is 6.54 Å².